The van der Waals surface area contributed by atoms with Crippen LogP contribution in [0.2, 0.25) is 0 Å². The molecule has 1 saturated carbocycles. The van der Waals surface area contributed by atoms with E-state index in [2.05, 4.69) is 21.2 Å². The molecule has 1 atom stereocenters. The molecule has 19 heavy (non-hydrogen) atoms. The summed E-state index contributed by atoms with van der Waals surface area (Å²) < 4.78 is 6.73. The number of carbonyl (C=O) groups is 1. The third-order valence-electron chi connectivity index (χ3n) is 3.14. The van der Waals surface area contributed by atoms with Crippen molar-refractivity contribution in [3.63, 3.8) is 0 Å². The average Bonchev–Trinajstić information content (AvgIpc) is 3.18. The van der Waals surface area contributed by atoms with E-state index >= 15 is 0 Å². The first-order valence-corrected chi connectivity index (χ1v) is 7.37. The summed E-state index contributed by atoms with van der Waals surface area (Å²) in [6.45, 7) is 2.63. The van der Waals surface area contributed by atoms with Crippen molar-refractivity contribution >= 4 is 21.8 Å². The lowest BCUT2D eigenvalue weighted by molar-refractivity contribution is -0.124. The van der Waals surface area contributed by atoms with Crippen molar-refractivity contribution in [1.29, 1.82) is 0 Å². The Balaban J connectivity index is 2.10. The van der Waals surface area contributed by atoms with Crippen LogP contribution in [0.25, 0.3) is 0 Å². The Kier molecular flexibility index (Phi) is 4.82. The lowest BCUT2D eigenvalue weighted by Crippen LogP contribution is -2.33. The summed E-state index contributed by atoms with van der Waals surface area (Å²) >= 11 is 3.46. The van der Waals surface area contributed by atoms with E-state index in [4.69, 9.17) is 10.5 Å². The minimum Gasteiger partial charge on any atom is -0.480 e. The molecule has 0 heterocycles. The number of nitrogens with one attached hydrogen (secondary N) is 1. The summed E-state index contributed by atoms with van der Waals surface area (Å²) in [6.07, 6.45) is 2.48. The lowest BCUT2D eigenvalue weighted by atomic mass is 10.2. The largest absolute Gasteiger partial charge is 0.480 e. The average molecular weight is 327 g/mol. The Bertz CT molecular complexity index is 461. The Labute approximate surface area is 121 Å². The highest BCUT2D eigenvalue weighted by molar-refractivity contribution is 9.10. The minimum absolute atomic E-state index is 0.425. The van der Waals surface area contributed by atoms with Crippen LogP contribution in [0.15, 0.2) is 22.7 Å². The fourth-order valence-corrected chi connectivity index (χ4v) is 2.25. The predicted molar refractivity (Wildman–Crippen MR) is 77.9 cm³/mol. The van der Waals surface area contributed by atoms with Crippen molar-refractivity contribution in [2.24, 2.45) is 5.73 Å². The molecular weight excluding hydrogens is 308 g/mol. The predicted octanol–water partition coefficient (Wildman–Crippen LogP) is 2.34. The number of halogens is 1. The van der Waals surface area contributed by atoms with E-state index in [1.165, 1.54) is 12.8 Å². The molecule has 0 bridgehead atoms. The Morgan fingerprint density at radius 2 is 2.32 bits per heavy atom. The normalized spacial score (nSPS) is 16.1. The van der Waals surface area contributed by atoms with Gasteiger partial charge in [-0.1, -0.05) is 22.9 Å². The van der Waals surface area contributed by atoms with Gasteiger partial charge in [0.05, 0.1) is 0 Å². The molecule has 1 aliphatic carbocycles. The second-order valence-corrected chi connectivity index (χ2v) is 5.74. The van der Waals surface area contributed by atoms with Gasteiger partial charge in [0, 0.05) is 22.6 Å². The van der Waals surface area contributed by atoms with E-state index < -0.39 is 12.0 Å². The third-order valence-corrected chi connectivity index (χ3v) is 3.63. The van der Waals surface area contributed by atoms with Crippen LogP contribution in [0.3, 0.4) is 0 Å². The topological polar surface area (TPSA) is 64.3 Å². The fraction of sp³-hybridized carbons (Fsp3) is 0.500. The van der Waals surface area contributed by atoms with Crippen LogP contribution in [0.4, 0.5) is 0 Å². The molecule has 0 aliphatic heterocycles. The number of carbonyl (C=O) groups excluding carboxylic acids is 1. The van der Waals surface area contributed by atoms with Crippen LogP contribution in [0, 0.1) is 0 Å². The molecular formula is C14H19BrN2O2. The summed E-state index contributed by atoms with van der Waals surface area (Å²) in [5.74, 6) is 0.300. The summed E-state index contributed by atoms with van der Waals surface area (Å²) in [6, 6.07) is 6.42. The maximum absolute atomic E-state index is 11.3. The molecule has 0 radical (unpaired) electrons. The van der Waals surface area contributed by atoms with Gasteiger partial charge in [-0.15, -0.1) is 0 Å². The van der Waals surface area contributed by atoms with Gasteiger partial charge in [0.2, 0.25) is 0 Å². The van der Waals surface area contributed by atoms with Gasteiger partial charge in [-0.05, 0) is 37.5 Å². The zero-order valence-corrected chi connectivity index (χ0v) is 12.6. The second-order valence-electron chi connectivity index (χ2n) is 4.82. The van der Waals surface area contributed by atoms with Gasteiger partial charge in [-0.25, -0.2) is 0 Å². The van der Waals surface area contributed by atoms with Crippen LogP contribution in [0.1, 0.15) is 31.7 Å². The van der Waals surface area contributed by atoms with Crippen molar-refractivity contribution in [2.45, 2.75) is 44.9 Å². The summed E-state index contributed by atoms with van der Waals surface area (Å²) in [4.78, 5) is 11.3. The van der Waals surface area contributed by atoms with Gasteiger partial charge in [-0.2, -0.15) is 0 Å². The zero-order chi connectivity index (χ0) is 13.8. The summed E-state index contributed by atoms with van der Waals surface area (Å²) in [5, 5.41) is 3.44. The molecule has 1 unspecified atom stereocenters. The lowest BCUT2D eigenvalue weighted by Gasteiger charge is -2.17. The van der Waals surface area contributed by atoms with Crippen molar-refractivity contribution in [3.8, 4) is 5.75 Å². The van der Waals surface area contributed by atoms with E-state index in [0.29, 0.717) is 12.5 Å². The van der Waals surface area contributed by atoms with Gasteiger partial charge in [0.15, 0.2) is 6.10 Å². The van der Waals surface area contributed by atoms with E-state index in [-0.39, 0.29) is 0 Å². The maximum Gasteiger partial charge on any atom is 0.258 e. The molecule has 104 valence electrons. The van der Waals surface area contributed by atoms with Crippen LogP contribution >= 0.6 is 15.9 Å². The monoisotopic (exact) mass is 326 g/mol. The Morgan fingerprint density at radius 1 is 1.58 bits per heavy atom. The molecule has 1 aromatic carbocycles. The zero-order valence-electron chi connectivity index (χ0n) is 11.0. The van der Waals surface area contributed by atoms with Crippen molar-refractivity contribution in [3.05, 3.63) is 28.2 Å². The SMILES string of the molecule is CCC(Oc1ccc(Br)cc1CNC1CC1)C(N)=O. The fourth-order valence-electron chi connectivity index (χ4n) is 1.84. The van der Waals surface area contributed by atoms with Gasteiger partial charge < -0.3 is 15.8 Å². The standard InChI is InChI=1S/C14H19BrN2O2/c1-2-12(14(16)18)19-13-6-3-10(15)7-9(13)8-17-11-4-5-11/h3,6-7,11-12,17H,2,4-5,8H2,1H3,(H2,16,18). The van der Waals surface area contributed by atoms with Gasteiger partial charge >= 0.3 is 0 Å². The summed E-state index contributed by atoms with van der Waals surface area (Å²) in [7, 11) is 0. The maximum atomic E-state index is 11.3. The van der Waals surface area contributed by atoms with E-state index in [1.807, 2.05) is 25.1 Å². The summed E-state index contributed by atoms with van der Waals surface area (Å²) in [5.41, 5.74) is 6.36. The molecule has 3 N–H and O–H groups in total. The highest BCUT2D eigenvalue weighted by atomic mass is 79.9. The Hall–Kier alpha value is -1.07. The van der Waals surface area contributed by atoms with Gasteiger partial charge in [-0.3, -0.25) is 4.79 Å². The third kappa shape index (κ3) is 4.21. The number of benzene rings is 1. The highest BCUT2D eigenvalue weighted by Gasteiger charge is 2.21. The van der Waals surface area contributed by atoms with Gasteiger partial charge in [0.1, 0.15) is 5.75 Å². The van der Waals surface area contributed by atoms with E-state index in [0.717, 1.165) is 22.3 Å². The highest BCUT2D eigenvalue weighted by Crippen LogP contribution is 2.26. The molecule has 4 nitrogen and oxygen atoms in total. The molecule has 1 aliphatic rings. The molecule has 1 fully saturated rings. The van der Waals surface area contributed by atoms with Gasteiger partial charge in [0.25, 0.3) is 5.91 Å². The van der Waals surface area contributed by atoms with Crippen LogP contribution in [0.5, 0.6) is 5.75 Å². The number of amides is 1. The molecule has 1 aromatic rings. The number of hydrogen-bond acceptors (Lipinski definition) is 3. The molecule has 0 spiro atoms. The quantitative estimate of drug-likeness (QED) is 0.808. The molecule has 2 rings (SSSR count). The number of hydrogen-bond donors (Lipinski definition) is 2. The first kappa shape index (κ1) is 14.3. The minimum atomic E-state index is -0.569. The van der Waals surface area contributed by atoms with Crippen molar-refractivity contribution in [2.75, 3.05) is 0 Å². The van der Waals surface area contributed by atoms with E-state index in [9.17, 15) is 4.79 Å². The Morgan fingerprint density at radius 3 is 2.89 bits per heavy atom. The first-order valence-electron chi connectivity index (χ1n) is 6.58. The number of ether oxygens (including phenoxy) is 1. The molecule has 5 heteroatoms. The molecule has 1 amide bonds. The smallest absolute Gasteiger partial charge is 0.258 e. The molecule has 0 saturated heterocycles. The van der Waals surface area contributed by atoms with Crippen LogP contribution in [-0.4, -0.2) is 18.1 Å². The van der Waals surface area contributed by atoms with E-state index in [1.54, 1.807) is 0 Å². The number of nitrogens with two attached hydrogens (primary N) is 1. The number of primary amides is 1. The van der Waals surface area contributed by atoms with Crippen LogP contribution < -0.4 is 15.8 Å². The molecule has 0 aromatic heterocycles. The first-order chi connectivity index (χ1) is 9.10. The second kappa shape index (κ2) is 6.39. The van der Waals surface area contributed by atoms with Crippen LogP contribution in [-0.2, 0) is 11.3 Å². The van der Waals surface area contributed by atoms with Crippen molar-refractivity contribution in [1.82, 2.24) is 5.32 Å². The van der Waals surface area contributed by atoms with Crippen molar-refractivity contribution < 1.29 is 9.53 Å². The number of rotatable bonds is 7.